The van der Waals surface area contributed by atoms with Crippen molar-refractivity contribution in [3.63, 3.8) is 0 Å². The Labute approximate surface area is 205 Å². The first-order valence-corrected chi connectivity index (χ1v) is 11.4. The molecule has 36 heavy (non-hydrogen) atoms. The van der Waals surface area contributed by atoms with Crippen LogP contribution in [0.25, 0.3) is 22.4 Å². The molecule has 6 rings (SSSR count). The quantitative estimate of drug-likeness (QED) is 0.399. The first-order chi connectivity index (χ1) is 17.6. The minimum absolute atomic E-state index is 0.188. The van der Waals surface area contributed by atoms with Gasteiger partial charge in [-0.2, -0.15) is 10.2 Å². The summed E-state index contributed by atoms with van der Waals surface area (Å²) in [6.45, 7) is 2.03. The Bertz CT molecular complexity index is 1640. The molecule has 0 atom stereocenters. The number of para-hydroxylation sites is 1. The molecule has 0 saturated heterocycles. The van der Waals surface area contributed by atoms with Crippen LogP contribution in [0.15, 0.2) is 77.9 Å². The van der Waals surface area contributed by atoms with Crippen molar-refractivity contribution in [2.45, 2.75) is 20.0 Å². The fourth-order valence-electron chi connectivity index (χ4n) is 4.28. The summed E-state index contributed by atoms with van der Waals surface area (Å²) < 4.78 is 15.5. The monoisotopic (exact) mass is 482 g/mol. The van der Waals surface area contributed by atoms with Crippen molar-refractivity contribution in [1.82, 2.24) is 29.4 Å². The lowest BCUT2D eigenvalue weighted by Crippen LogP contribution is -2.34. The number of hydrogen-bond acceptors (Lipinski definition) is 6. The third-order valence-corrected chi connectivity index (χ3v) is 5.99. The molecule has 5 aromatic rings. The van der Waals surface area contributed by atoms with E-state index in [0.717, 1.165) is 11.3 Å². The summed E-state index contributed by atoms with van der Waals surface area (Å²) in [6.07, 6.45) is 3.71. The van der Waals surface area contributed by atoms with Gasteiger partial charge in [0, 0.05) is 18.9 Å². The van der Waals surface area contributed by atoms with Gasteiger partial charge < -0.3 is 19.4 Å². The number of fused-ring (bicyclic) bond motifs is 2. The number of aromatic nitrogens is 5. The largest absolute Gasteiger partial charge is 0.454 e. The maximum absolute atomic E-state index is 13.6. The van der Waals surface area contributed by atoms with Gasteiger partial charge in [0.1, 0.15) is 17.4 Å². The van der Waals surface area contributed by atoms with Crippen molar-refractivity contribution < 1.29 is 14.3 Å². The van der Waals surface area contributed by atoms with Crippen LogP contribution in [0.5, 0.6) is 11.5 Å². The number of nitrogens with one attached hydrogen (secondary N) is 1. The molecule has 1 aliphatic rings. The lowest BCUT2D eigenvalue weighted by Gasteiger charge is -2.10. The van der Waals surface area contributed by atoms with Crippen LogP contribution in [0.3, 0.4) is 0 Å². The molecule has 0 bridgehead atoms. The number of rotatable bonds is 6. The van der Waals surface area contributed by atoms with E-state index in [0.29, 0.717) is 33.9 Å². The first-order valence-electron chi connectivity index (χ1n) is 11.4. The molecule has 1 N–H and O–H groups in total. The number of benzene rings is 2. The summed E-state index contributed by atoms with van der Waals surface area (Å²) in [6, 6.07) is 18.8. The number of aryl methyl sites for hydroxylation is 1. The molecule has 180 valence electrons. The third kappa shape index (κ3) is 3.78. The van der Waals surface area contributed by atoms with Crippen LogP contribution in [0.2, 0.25) is 0 Å². The maximum atomic E-state index is 13.6. The standard InChI is InChI=1S/C26H22N6O4/c1-17-24-23(25(30-11-5-6-12-30)32(29-24)19-7-3-2-4-8-19)26(34)31(28-17)15-22(33)27-14-18-9-10-20-21(13-18)36-16-35-20/h2-13H,14-16H2,1H3,(H,27,33). The summed E-state index contributed by atoms with van der Waals surface area (Å²) in [5.41, 5.74) is 2.32. The molecule has 4 heterocycles. The number of carbonyl (C=O) groups is 1. The molecular formula is C26H22N6O4. The molecule has 0 unspecified atom stereocenters. The zero-order valence-corrected chi connectivity index (χ0v) is 19.4. The molecule has 0 spiro atoms. The number of nitrogens with zero attached hydrogens (tertiary/aromatic N) is 5. The first kappa shape index (κ1) is 21.7. The molecule has 2 aromatic carbocycles. The maximum Gasteiger partial charge on any atom is 0.280 e. The summed E-state index contributed by atoms with van der Waals surface area (Å²) in [5.74, 6) is 1.58. The van der Waals surface area contributed by atoms with Gasteiger partial charge in [-0.15, -0.1) is 0 Å². The zero-order chi connectivity index (χ0) is 24.6. The minimum Gasteiger partial charge on any atom is -0.454 e. The van der Waals surface area contributed by atoms with E-state index in [2.05, 4.69) is 10.4 Å². The zero-order valence-electron chi connectivity index (χ0n) is 19.4. The van der Waals surface area contributed by atoms with Gasteiger partial charge in [-0.3, -0.25) is 9.59 Å². The van der Waals surface area contributed by atoms with Gasteiger partial charge in [-0.1, -0.05) is 24.3 Å². The number of amides is 1. The molecule has 0 aliphatic carbocycles. The predicted octanol–water partition coefficient (Wildman–Crippen LogP) is 2.73. The molecule has 10 nitrogen and oxygen atoms in total. The third-order valence-electron chi connectivity index (χ3n) is 5.99. The summed E-state index contributed by atoms with van der Waals surface area (Å²) in [5, 5.41) is 12.4. The average molecular weight is 483 g/mol. The molecular weight excluding hydrogens is 460 g/mol. The highest BCUT2D eigenvalue weighted by molar-refractivity contribution is 5.88. The molecule has 10 heteroatoms. The average Bonchev–Trinajstić information content (AvgIpc) is 3.65. The second-order valence-electron chi connectivity index (χ2n) is 8.40. The van der Waals surface area contributed by atoms with Gasteiger partial charge in [0.05, 0.1) is 11.4 Å². The fourth-order valence-corrected chi connectivity index (χ4v) is 4.28. The van der Waals surface area contributed by atoms with Gasteiger partial charge in [0.25, 0.3) is 5.56 Å². The normalized spacial score (nSPS) is 12.2. The highest BCUT2D eigenvalue weighted by atomic mass is 16.7. The Kier molecular flexibility index (Phi) is 5.25. The fraction of sp³-hybridized carbons (Fsp3) is 0.154. The number of ether oxygens (including phenoxy) is 2. The van der Waals surface area contributed by atoms with E-state index in [1.807, 2.05) is 71.6 Å². The SMILES string of the molecule is Cc1nn(CC(=O)NCc2ccc3c(c2)OCO3)c(=O)c2c(-n3cccc3)n(-c3ccccc3)nc12. The smallest absolute Gasteiger partial charge is 0.280 e. The van der Waals surface area contributed by atoms with Crippen molar-refractivity contribution >= 4 is 16.8 Å². The lowest BCUT2D eigenvalue weighted by atomic mass is 10.2. The van der Waals surface area contributed by atoms with Crippen LogP contribution in [-0.2, 0) is 17.9 Å². The van der Waals surface area contributed by atoms with E-state index in [-0.39, 0.29) is 31.3 Å². The van der Waals surface area contributed by atoms with E-state index in [4.69, 9.17) is 14.6 Å². The molecule has 0 radical (unpaired) electrons. The minimum atomic E-state index is -0.389. The van der Waals surface area contributed by atoms with Crippen LogP contribution >= 0.6 is 0 Å². The van der Waals surface area contributed by atoms with Gasteiger partial charge in [0.15, 0.2) is 17.3 Å². The summed E-state index contributed by atoms with van der Waals surface area (Å²) >= 11 is 0. The van der Waals surface area contributed by atoms with Crippen LogP contribution < -0.4 is 20.3 Å². The topological polar surface area (TPSA) is 105 Å². The Morgan fingerprint density at radius 1 is 1.00 bits per heavy atom. The van der Waals surface area contributed by atoms with Gasteiger partial charge in [0.2, 0.25) is 12.7 Å². The second kappa shape index (κ2) is 8.73. The van der Waals surface area contributed by atoms with Crippen molar-refractivity contribution in [3.8, 4) is 23.0 Å². The van der Waals surface area contributed by atoms with Crippen molar-refractivity contribution in [2.24, 2.45) is 0 Å². The highest BCUT2D eigenvalue weighted by Gasteiger charge is 2.22. The molecule has 0 fully saturated rings. The Morgan fingerprint density at radius 3 is 2.58 bits per heavy atom. The van der Waals surface area contributed by atoms with Crippen LogP contribution in [0.1, 0.15) is 11.3 Å². The Hall–Kier alpha value is -4.86. The lowest BCUT2D eigenvalue weighted by molar-refractivity contribution is -0.122. The van der Waals surface area contributed by atoms with E-state index in [1.54, 1.807) is 17.7 Å². The molecule has 0 saturated carbocycles. The van der Waals surface area contributed by atoms with E-state index < -0.39 is 0 Å². The summed E-state index contributed by atoms with van der Waals surface area (Å²) in [7, 11) is 0. The van der Waals surface area contributed by atoms with Crippen molar-refractivity contribution in [1.29, 1.82) is 0 Å². The van der Waals surface area contributed by atoms with E-state index in [9.17, 15) is 9.59 Å². The van der Waals surface area contributed by atoms with E-state index >= 15 is 0 Å². The second-order valence-corrected chi connectivity index (χ2v) is 8.40. The molecule has 1 aliphatic heterocycles. The Morgan fingerprint density at radius 2 is 1.78 bits per heavy atom. The van der Waals surface area contributed by atoms with Crippen molar-refractivity contribution in [3.05, 3.63) is 94.7 Å². The van der Waals surface area contributed by atoms with Gasteiger partial charge in [-0.05, 0) is 48.9 Å². The predicted molar refractivity (Wildman–Crippen MR) is 132 cm³/mol. The summed E-state index contributed by atoms with van der Waals surface area (Å²) in [4.78, 5) is 26.4. The van der Waals surface area contributed by atoms with Crippen molar-refractivity contribution in [2.75, 3.05) is 6.79 Å². The number of carbonyl (C=O) groups excluding carboxylic acids is 1. The van der Waals surface area contributed by atoms with Gasteiger partial charge >= 0.3 is 0 Å². The van der Waals surface area contributed by atoms with Crippen LogP contribution in [-0.4, -0.2) is 36.8 Å². The number of hydrogen-bond donors (Lipinski definition) is 1. The molecule has 3 aromatic heterocycles. The molecule has 1 amide bonds. The highest BCUT2D eigenvalue weighted by Crippen LogP contribution is 2.32. The Balaban J connectivity index is 1.34. The van der Waals surface area contributed by atoms with Crippen LogP contribution in [0, 0.1) is 6.92 Å². The van der Waals surface area contributed by atoms with E-state index in [1.165, 1.54) is 4.68 Å². The van der Waals surface area contributed by atoms with Crippen LogP contribution in [0.4, 0.5) is 0 Å². The van der Waals surface area contributed by atoms with Gasteiger partial charge in [-0.25, -0.2) is 9.36 Å².